The average molecular weight is 469 g/mol. The Morgan fingerprint density at radius 3 is 2.55 bits per heavy atom. The number of hydrogen-bond donors (Lipinski definition) is 2. The summed E-state index contributed by atoms with van der Waals surface area (Å²) in [6.45, 7) is 5.69. The number of nitrogens with zero attached hydrogens (tertiary/aromatic N) is 4. The number of sulfonamides is 1. The highest BCUT2D eigenvalue weighted by molar-refractivity contribution is 7.89. The van der Waals surface area contributed by atoms with Crippen molar-refractivity contribution in [1.82, 2.24) is 24.3 Å². The van der Waals surface area contributed by atoms with E-state index in [0.717, 1.165) is 23.7 Å². The fourth-order valence-electron chi connectivity index (χ4n) is 5.47. The Morgan fingerprint density at radius 1 is 1.12 bits per heavy atom. The molecule has 0 radical (unpaired) electrons. The second-order valence-electron chi connectivity index (χ2n) is 9.41. The molecule has 0 aliphatic heterocycles. The topological polar surface area (TPSA) is 118 Å². The van der Waals surface area contributed by atoms with Crippen molar-refractivity contribution < 1.29 is 13.2 Å². The summed E-state index contributed by atoms with van der Waals surface area (Å²) in [5.74, 6) is 1.68. The van der Waals surface area contributed by atoms with Gasteiger partial charge < -0.3 is 5.32 Å². The number of benzene rings is 1. The maximum atomic E-state index is 12.9. The Kier molecular flexibility index (Phi) is 5.44. The first-order valence-corrected chi connectivity index (χ1v) is 12.8. The summed E-state index contributed by atoms with van der Waals surface area (Å²) in [6.07, 6.45) is 4.85. The number of rotatable bonds is 6. The lowest BCUT2D eigenvalue weighted by molar-refractivity contribution is 0.101. The number of nitrogens with one attached hydrogen (secondary N) is 2. The Bertz CT molecular complexity index is 1320. The van der Waals surface area contributed by atoms with Crippen molar-refractivity contribution in [3.8, 4) is 0 Å². The van der Waals surface area contributed by atoms with E-state index >= 15 is 0 Å². The highest BCUT2D eigenvalue weighted by Gasteiger charge is 2.42. The fourth-order valence-corrected chi connectivity index (χ4v) is 6.77. The van der Waals surface area contributed by atoms with Crippen LogP contribution in [0.1, 0.15) is 54.6 Å². The molecular formula is C23H28N6O3S. The van der Waals surface area contributed by atoms with Crippen LogP contribution in [0, 0.1) is 31.6 Å². The summed E-state index contributed by atoms with van der Waals surface area (Å²) in [5.41, 5.74) is 2.07. The molecule has 5 rings (SSSR count). The van der Waals surface area contributed by atoms with E-state index in [9.17, 15) is 13.2 Å². The van der Waals surface area contributed by atoms with E-state index in [1.54, 1.807) is 12.1 Å². The molecule has 33 heavy (non-hydrogen) atoms. The molecule has 2 aliphatic carbocycles. The van der Waals surface area contributed by atoms with Crippen molar-refractivity contribution in [3.63, 3.8) is 0 Å². The highest BCUT2D eigenvalue weighted by atomic mass is 32.2. The SMILES string of the molecule is Cc1cc(C)n2nc(C(=O)Nc3ccc(S(=O)(=O)N[C@H](C)[C@@H]4C[C@H]5CC[C@H]4C5)cc3)nc2n1. The molecule has 1 amide bonds. The van der Waals surface area contributed by atoms with Crippen LogP contribution >= 0.6 is 0 Å². The number of amides is 1. The zero-order valence-electron chi connectivity index (χ0n) is 18.9. The summed E-state index contributed by atoms with van der Waals surface area (Å²) in [5, 5.41) is 6.93. The molecule has 2 aromatic heterocycles. The first kappa shape index (κ1) is 22.0. The minimum Gasteiger partial charge on any atom is -0.319 e. The molecule has 2 heterocycles. The molecule has 9 nitrogen and oxygen atoms in total. The maximum absolute atomic E-state index is 12.9. The Hall–Kier alpha value is -2.85. The van der Waals surface area contributed by atoms with Crippen molar-refractivity contribution in [2.75, 3.05) is 5.32 Å². The van der Waals surface area contributed by atoms with Gasteiger partial charge in [-0.3, -0.25) is 4.79 Å². The first-order valence-electron chi connectivity index (χ1n) is 11.3. The number of carbonyl (C=O) groups excluding carboxylic acids is 1. The Balaban J connectivity index is 1.26. The van der Waals surface area contributed by atoms with Gasteiger partial charge >= 0.3 is 0 Å². The largest absolute Gasteiger partial charge is 0.319 e. The van der Waals surface area contributed by atoms with Gasteiger partial charge in [0, 0.05) is 23.1 Å². The van der Waals surface area contributed by atoms with Crippen LogP contribution in [-0.4, -0.2) is 39.9 Å². The molecule has 2 N–H and O–H groups in total. The summed E-state index contributed by atoms with van der Waals surface area (Å²) in [4.78, 5) is 21.3. The van der Waals surface area contributed by atoms with Crippen LogP contribution in [0.3, 0.4) is 0 Å². The normalized spacial score (nSPS) is 23.2. The minimum atomic E-state index is -3.64. The number of carbonyl (C=O) groups is 1. The predicted octanol–water partition coefficient (Wildman–Crippen LogP) is 3.10. The Morgan fingerprint density at radius 2 is 1.88 bits per heavy atom. The van der Waals surface area contributed by atoms with Gasteiger partial charge in [0.05, 0.1) is 4.90 Å². The third-order valence-corrected chi connectivity index (χ3v) is 8.59. The molecule has 4 atom stereocenters. The second-order valence-corrected chi connectivity index (χ2v) is 11.1. The van der Waals surface area contributed by atoms with Crippen LogP contribution in [0.15, 0.2) is 35.2 Å². The molecule has 2 aliphatic rings. The van der Waals surface area contributed by atoms with Gasteiger partial charge in [-0.25, -0.2) is 22.6 Å². The summed E-state index contributed by atoms with van der Waals surface area (Å²) in [7, 11) is -3.64. The van der Waals surface area contributed by atoms with Crippen molar-refractivity contribution in [2.24, 2.45) is 17.8 Å². The van der Waals surface area contributed by atoms with E-state index in [-0.39, 0.29) is 16.8 Å². The van der Waals surface area contributed by atoms with Crippen molar-refractivity contribution in [2.45, 2.75) is 57.4 Å². The molecular weight excluding hydrogens is 440 g/mol. The molecule has 0 saturated heterocycles. The molecule has 2 saturated carbocycles. The molecule has 2 bridgehead atoms. The van der Waals surface area contributed by atoms with E-state index in [0.29, 0.717) is 23.3 Å². The first-order chi connectivity index (χ1) is 15.7. The smallest absolute Gasteiger partial charge is 0.295 e. The number of aryl methyl sites for hydroxylation is 2. The van der Waals surface area contributed by atoms with Crippen LogP contribution in [0.2, 0.25) is 0 Å². The van der Waals surface area contributed by atoms with Gasteiger partial charge in [-0.1, -0.05) is 6.42 Å². The van der Waals surface area contributed by atoms with Gasteiger partial charge in [-0.05, 0) is 88.1 Å². The van der Waals surface area contributed by atoms with Gasteiger partial charge in [0.1, 0.15) is 0 Å². The molecule has 0 spiro atoms. The van der Waals surface area contributed by atoms with Crippen LogP contribution in [0.5, 0.6) is 0 Å². The zero-order valence-corrected chi connectivity index (χ0v) is 19.8. The summed E-state index contributed by atoms with van der Waals surface area (Å²) in [6, 6.07) is 7.90. The van der Waals surface area contributed by atoms with Gasteiger partial charge in [-0.2, -0.15) is 4.98 Å². The summed E-state index contributed by atoms with van der Waals surface area (Å²) >= 11 is 0. The molecule has 3 aromatic rings. The lowest BCUT2D eigenvalue weighted by atomic mass is 9.84. The van der Waals surface area contributed by atoms with Gasteiger partial charge in [-0.15, -0.1) is 5.10 Å². The van der Waals surface area contributed by atoms with E-state index in [1.807, 2.05) is 26.8 Å². The van der Waals surface area contributed by atoms with E-state index < -0.39 is 15.9 Å². The molecule has 10 heteroatoms. The van der Waals surface area contributed by atoms with Crippen LogP contribution in [0.25, 0.3) is 5.78 Å². The number of aromatic nitrogens is 4. The Labute approximate surface area is 193 Å². The van der Waals surface area contributed by atoms with Gasteiger partial charge in [0.2, 0.25) is 15.8 Å². The van der Waals surface area contributed by atoms with Crippen molar-refractivity contribution in [3.05, 3.63) is 47.5 Å². The third-order valence-electron chi connectivity index (χ3n) is 7.02. The van der Waals surface area contributed by atoms with Crippen LogP contribution in [0.4, 0.5) is 5.69 Å². The van der Waals surface area contributed by atoms with E-state index in [4.69, 9.17) is 0 Å². The van der Waals surface area contributed by atoms with Gasteiger partial charge in [0.25, 0.3) is 11.7 Å². The van der Waals surface area contributed by atoms with E-state index in [1.165, 1.54) is 35.9 Å². The minimum absolute atomic E-state index is 0.00532. The summed E-state index contributed by atoms with van der Waals surface area (Å²) < 4.78 is 30.2. The second kappa shape index (κ2) is 8.18. The van der Waals surface area contributed by atoms with Crippen LogP contribution in [-0.2, 0) is 10.0 Å². The molecule has 2 fully saturated rings. The van der Waals surface area contributed by atoms with Crippen molar-refractivity contribution >= 4 is 27.4 Å². The average Bonchev–Trinajstić information content (AvgIpc) is 3.49. The van der Waals surface area contributed by atoms with Crippen LogP contribution < -0.4 is 10.0 Å². The highest BCUT2D eigenvalue weighted by Crippen LogP contribution is 2.49. The molecule has 174 valence electrons. The van der Waals surface area contributed by atoms with Crippen molar-refractivity contribution in [1.29, 1.82) is 0 Å². The maximum Gasteiger partial charge on any atom is 0.295 e. The molecule has 1 aromatic carbocycles. The lowest BCUT2D eigenvalue weighted by Gasteiger charge is -2.28. The number of anilines is 1. The lowest BCUT2D eigenvalue weighted by Crippen LogP contribution is -2.40. The third kappa shape index (κ3) is 4.24. The number of hydrogen-bond acceptors (Lipinski definition) is 6. The predicted molar refractivity (Wildman–Crippen MR) is 123 cm³/mol. The fraction of sp³-hybridized carbons (Fsp3) is 0.478. The zero-order chi connectivity index (χ0) is 23.3. The standard InChI is InChI=1S/C23H28N6O3S/c1-13-10-14(2)29-23(24-13)26-21(27-29)22(30)25-18-6-8-19(9-7-18)33(31,32)28-15(3)20-12-16-4-5-17(20)11-16/h6-10,15-17,20,28H,4-5,11-12H2,1-3H3,(H,25,30)/t15-,16+,17+,20+/m1/s1. The number of fused-ring (bicyclic) bond motifs is 3. The monoisotopic (exact) mass is 468 g/mol. The van der Waals surface area contributed by atoms with Gasteiger partial charge in [0.15, 0.2) is 0 Å². The van der Waals surface area contributed by atoms with E-state index in [2.05, 4.69) is 25.1 Å². The molecule has 0 unspecified atom stereocenters. The quantitative estimate of drug-likeness (QED) is 0.574.